The summed E-state index contributed by atoms with van der Waals surface area (Å²) in [5.41, 5.74) is 0.751. The van der Waals surface area contributed by atoms with Crippen molar-refractivity contribution in [3.8, 4) is 0 Å². The van der Waals surface area contributed by atoms with Gasteiger partial charge in [0.25, 0.3) is 0 Å². The highest BCUT2D eigenvalue weighted by Crippen LogP contribution is 2.07. The van der Waals surface area contributed by atoms with Crippen LogP contribution in [0.15, 0.2) is 12.2 Å². The molecule has 0 fully saturated rings. The summed E-state index contributed by atoms with van der Waals surface area (Å²) in [5.74, 6) is 0.121. The highest BCUT2D eigenvalue weighted by molar-refractivity contribution is 14.1. The van der Waals surface area contributed by atoms with Gasteiger partial charge in [0.1, 0.15) is 0 Å². The summed E-state index contributed by atoms with van der Waals surface area (Å²) in [6.45, 7) is 9.63. The monoisotopic (exact) mass is 295 g/mol. The van der Waals surface area contributed by atoms with Crippen LogP contribution in [-0.4, -0.2) is 22.0 Å². The molecule has 0 aromatic heterocycles. The minimum absolute atomic E-state index is 0.121. The number of carbonyl (C=O) groups excluding carboxylic acids is 1. The molecule has 0 saturated heterocycles. The molecule has 0 aromatic carbocycles. The summed E-state index contributed by atoms with van der Waals surface area (Å²) in [6, 6.07) is 0. The van der Waals surface area contributed by atoms with Crippen LogP contribution >= 0.6 is 22.9 Å². The van der Waals surface area contributed by atoms with Crippen LogP contribution in [0.25, 0.3) is 0 Å². The van der Waals surface area contributed by atoms with E-state index in [4.69, 9.17) is 0 Å². The molecule has 0 atom stereocenters. The third kappa shape index (κ3) is 7.19. The highest BCUT2D eigenvalue weighted by Gasteiger charge is 2.02. The number of allylic oxidation sites excluding steroid dienone is 1. The van der Waals surface area contributed by atoms with Gasteiger partial charge in [0, 0.05) is 36.0 Å². The number of halogens is 1. The summed E-state index contributed by atoms with van der Waals surface area (Å²) < 4.78 is 2.26. The van der Waals surface area contributed by atoms with Gasteiger partial charge in [-0.25, -0.2) is 3.11 Å². The van der Waals surface area contributed by atoms with Crippen LogP contribution in [0.1, 0.15) is 33.1 Å². The third-order valence-electron chi connectivity index (χ3n) is 1.84. The molecule has 0 rings (SSSR count). The Morgan fingerprint density at radius 3 is 2.54 bits per heavy atom. The lowest BCUT2D eigenvalue weighted by Crippen LogP contribution is -2.13. The molecule has 2 nitrogen and oxygen atoms in total. The number of Topliss-reactive ketones (excluding diaryl/α,β-unsaturated/α-hetero) is 1. The van der Waals surface area contributed by atoms with E-state index in [1.807, 2.05) is 0 Å². The maximum atomic E-state index is 10.8. The van der Waals surface area contributed by atoms with E-state index in [9.17, 15) is 4.79 Å². The fourth-order valence-electron chi connectivity index (χ4n) is 0.994. The van der Waals surface area contributed by atoms with Gasteiger partial charge in [-0.3, -0.25) is 4.79 Å². The van der Waals surface area contributed by atoms with E-state index in [0.717, 1.165) is 31.5 Å². The molecular formula is C10H18INO. The molecule has 0 saturated carbocycles. The molecule has 0 aliphatic carbocycles. The van der Waals surface area contributed by atoms with Crippen molar-refractivity contribution < 1.29 is 4.79 Å². The van der Waals surface area contributed by atoms with E-state index in [1.54, 1.807) is 6.92 Å². The Bertz CT molecular complexity index is 180. The predicted octanol–water partition coefficient (Wildman–Crippen LogP) is 2.97. The average Bonchev–Trinajstić information content (AvgIpc) is 2.04. The van der Waals surface area contributed by atoms with Crippen molar-refractivity contribution in [2.75, 3.05) is 13.1 Å². The Hall–Kier alpha value is 0.100. The second-order valence-corrected chi connectivity index (χ2v) is 4.54. The minimum atomic E-state index is 0.121. The zero-order chi connectivity index (χ0) is 10.3. The van der Waals surface area contributed by atoms with E-state index in [1.165, 1.54) is 6.42 Å². The molecule has 0 aromatic rings. The van der Waals surface area contributed by atoms with Crippen molar-refractivity contribution in [1.82, 2.24) is 3.11 Å². The first-order chi connectivity index (χ1) is 6.07. The van der Waals surface area contributed by atoms with E-state index in [0.29, 0.717) is 0 Å². The minimum Gasteiger partial charge on any atom is -0.295 e. The van der Waals surface area contributed by atoms with Crippen molar-refractivity contribution in [2.24, 2.45) is 0 Å². The molecule has 0 N–H and O–H groups in total. The van der Waals surface area contributed by atoms with Gasteiger partial charge in [0.15, 0.2) is 5.78 Å². The van der Waals surface area contributed by atoms with Crippen LogP contribution < -0.4 is 0 Å². The normalized spacial score (nSPS) is 10.5. The first-order valence-electron chi connectivity index (χ1n) is 4.67. The van der Waals surface area contributed by atoms with Gasteiger partial charge in [-0.2, -0.15) is 0 Å². The summed E-state index contributed by atoms with van der Waals surface area (Å²) >= 11 is 2.32. The van der Waals surface area contributed by atoms with E-state index in [-0.39, 0.29) is 5.78 Å². The van der Waals surface area contributed by atoms with Crippen LogP contribution in [0.5, 0.6) is 0 Å². The van der Waals surface area contributed by atoms with Crippen LogP contribution in [0.2, 0.25) is 0 Å². The number of rotatable bonds is 7. The zero-order valence-electron chi connectivity index (χ0n) is 8.48. The van der Waals surface area contributed by atoms with E-state index in [2.05, 4.69) is 39.5 Å². The largest absolute Gasteiger partial charge is 0.295 e. The summed E-state index contributed by atoms with van der Waals surface area (Å²) in [6.07, 6.45) is 3.04. The summed E-state index contributed by atoms with van der Waals surface area (Å²) in [5, 5.41) is 0. The van der Waals surface area contributed by atoms with Crippen LogP contribution in [0, 0.1) is 0 Å². The maximum absolute atomic E-state index is 10.8. The van der Waals surface area contributed by atoms with E-state index < -0.39 is 0 Å². The molecule has 0 aliphatic heterocycles. The number of hydrogen-bond acceptors (Lipinski definition) is 2. The topological polar surface area (TPSA) is 20.3 Å². The second-order valence-electron chi connectivity index (χ2n) is 3.17. The Kier molecular flexibility index (Phi) is 7.56. The Labute approximate surface area is 94.9 Å². The van der Waals surface area contributed by atoms with Gasteiger partial charge < -0.3 is 0 Å². The van der Waals surface area contributed by atoms with Gasteiger partial charge >= 0.3 is 0 Å². The van der Waals surface area contributed by atoms with Crippen molar-refractivity contribution >= 4 is 28.6 Å². The molecule has 0 heterocycles. The second kappa shape index (κ2) is 7.50. The lowest BCUT2D eigenvalue weighted by atomic mass is 10.1. The van der Waals surface area contributed by atoms with Gasteiger partial charge in [-0.05, 0) is 31.8 Å². The molecule has 0 spiro atoms. The molecular weight excluding hydrogens is 277 g/mol. The maximum Gasteiger partial charge on any atom is 0.155 e. The standard InChI is InChI=1S/C10H18INO/c1-4-7-12(11)8-5-6-9(2)10(3)13/h2,4-8H2,1,3H3. The molecule has 76 valence electrons. The molecule has 3 heteroatoms. The zero-order valence-corrected chi connectivity index (χ0v) is 10.6. The summed E-state index contributed by atoms with van der Waals surface area (Å²) in [4.78, 5) is 10.8. The van der Waals surface area contributed by atoms with Crippen molar-refractivity contribution in [1.29, 1.82) is 0 Å². The fraction of sp³-hybridized carbons (Fsp3) is 0.700. The van der Waals surface area contributed by atoms with Gasteiger partial charge in [0.2, 0.25) is 0 Å². The molecule has 0 aliphatic rings. The number of carbonyl (C=O) groups is 1. The lowest BCUT2D eigenvalue weighted by Gasteiger charge is -2.12. The Morgan fingerprint density at radius 2 is 2.08 bits per heavy atom. The van der Waals surface area contributed by atoms with Crippen LogP contribution in [0.4, 0.5) is 0 Å². The molecule has 0 bridgehead atoms. The molecule has 13 heavy (non-hydrogen) atoms. The third-order valence-corrected chi connectivity index (χ3v) is 2.81. The first-order valence-corrected chi connectivity index (χ1v) is 5.63. The average molecular weight is 295 g/mol. The quantitative estimate of drug-likeness (QED) is 0.409. The van der Waals surface area contributed by atoms with Crippen molar-refractivity contribution in [3.05, 3.63) is 12.2 Å². The molecule has 0 unspecified atom stereocenters. The van der Waals surface area contributed by atoms with Crippen molar-refractivity contribution in [2.45, 2.75) is 33.1 Å². The highest BCUT2D eigenvalue weighted by atomic mass is 127. The van der Waals surface area contributed by atoms with Crippen LogP contribution in [0.3, 0.4) is 0 Å². The van der Waals surface area contributed by atoms with Crippen LogP contribution in [-0.2, 0) is 4.79 Å². The smallest absolute Gasteiger partial charge is 0.155 e. The molecule has 0 amide bonds. The summed E-state index contributed by atoms with van der Waals surface area (Å²) in [7, 11) is 0. The number of nitrogens with zero attached hydrogens (tertiary/aromatic N) is 1. The Morgan fingerprint density at radius 1 is 1.46 bits per heavy atom. The van der Waals surface area contributed by atoms with Gasteiger partial charge in [-0.1, -0.05) is 13.5 Å². The van der Waals surface area contributed by atoms with Gasteiger partial charge in [0.05, 0.1) is 0 Å². The van der Waals surface area contributed by atoms with E-state index >= 15 is 0 Å². The van der Waals surface area contributed by atoms with Crippen molar-refractivity contribution in [3.63, 3.8) is 0 Å². The number of ketones is 1. The van der Waals surface area contributed by atoms with Gasteiger partial charge in [-0.15, -0.1) is 0 Å². The first kappa shape index (κ1) is 13.1. The fourth-order valence-corrected chi connectivity index (χ4v) is 1.82. The SMILES string of the molecule is C=C(CCCN(I)CCC)C(C)=O. The predicted molar refractivity (Wildman–Crippen MR) is 64.9 cm³/mol. The molecule has 0 radical (unpaired) electrons. The number of hydrogen-bond donors (Lipinski definition) is 0. The Balaban J connectivity index is 3.44. The lowest BCUT2D eigenvalue weighted by molar-refractivity contribution is -0.113.